The lowest BCUT2D eigenvalue weighted by Gasteiger charge is -2.39. The summed E-state index contributed by atoms with van der Waals surface area (Å²) in [4.78, 5) is 21.1. The predicted octanol–water partition coefficient (Wildman–Crippen LogP) is 4.84. The standard InChI is InChI=1S/C16H22ClN3OS/c1-11(2)20-14(18-16(3,4)5)22-10-19(15(20)21)13-9-7-6-8-12(13)17/h6-9,11H,10H2,1-5H3. The first-order valence-electron chi connectivity index (χ1n) is 7.28. The number of hydrogen-bond acceptors (Lipinski definition) is 3. The molecule has 4 nitrogen and oxygen atoms in total. The molecule has 0 saturated carbocycles. The van der Waals surface area contributed by atoms with Crippen LogP contribution in [0.3, 0.4) is 0 Å². The van der Waals surface area contributed by atoms with E-state index >= 15 is 0 Å². The maximum Gasteiger partial charge on any atom is 0.331 e. The third-order valence-electron chi connectivity index (χ3n) is 3.06. The van der Waals surface area contributed by atoms with Crippen LogP contribution in [-0.4, -0.2) is 33.6 Å². The Kier molecular flexibility index (Phi) is 5.07. The lowest BCUT2D eigenvalue weighted by molar-refractivity contribution is 0.220. The highest BCUT2D eigenvalue weighted by molar-refractivity contribution is 8.14. The molecule has 1 aliphatic heterocycles. The number of nitrogens with zero attached hydrogens (tertiary/aromatic N) is 3. The minimum absolute atomic E-state index is 0.0337. The molecule has 0 aromatic heterocycles. The molecule has 0 radical (unpaired) electrons. The molecule has 1 aromatic carbocycles. The topological polar surface area (TPSA) is 35.9 Å². The summed E-state index contributed by atoms with van der Waals surface area (Å²) in [5.74, 6) is 0.515. The van der Waals surface area contributed by atoms with Gasteiger partial charge in [0.05, 0.1) is 22.1 Å². The molecule has 0 spiro atoms. The number of anilines is 1. The van der Waals surface area contributed by atoms with E-state index in [1.165, 1.54) is 0 Å². The number of urea groups is 1. The van der Waals surface area contributed by atoms with Gasteiger partial charge in [0.2, 0.25) is 0 Å². The quantitative estimate of drug-likeness (QED) is 0.773. The molecule has 6 heteroatoms. The summed E-state index contributed by atoms with van der Waals surface area (Å²) in [7, 11) is 0. The number of amides is 2. The van der Waals surface area contributed by atoms with Crippen molar-refractivity contribution in [1.29, 1.82) is 0 Å². The molecule has 1 saturated heterocycles. The van der Waals surface area contributed by atoms with E-state index in [-0.39, 0.29) is 17.6 Å². The van der Waals surface area contributed by atoms with Crippen molar-refractivity contribution in [3.63, 3.8) is 0 Å². The van der Waals surface area contributed by atoms with Gasteiger partial charge in [-0.05, 0) is 46.8 Å². The average Bonchev–Trinajstić information content (AvgIpc) is 2.38. The highest BCUT2D eigenvalue weighted by Crippen LogP contribution is 2.33. The minimum atomic E-state index is -0.220. The second-order valence-electron chi connectivity index (χ2n) is 6.46. The second kappa shape index (κ2) is 6.50. The van der Waals surface area contributed by atoms with Gasteiger partial charge < -0.3 is 0 Å². The molecular formula is C16H22ClN3OS. The fourth-order valence-electron chi connectivity index (χ4n) is 2.12. The van der Waals surface area contributed by atoms with Crippen molar-refractivity contribution >= 4 is 40.2 Å². The first-order valence-corrected chi connectivity index (χ1v) is 8.65. The van der Waals surface area contributed by atoms with Crippen molar-refractivity contribution in [2.75, 3.05) is 10.8 Å². The Hall–Kier alpha value is -1.20. The van der Waals surface area contributed by atoms with Gasteiger partial charge >= 0.3 is 6.03 Å². The monoisotopic (exact) mass is 339 g/mol. The number of aliphatic imine (C=N–C) groups is 1. The van der Waals surface area contributed by atoms with E-state index < -0.39 is 0 Å². The molecule has 1 aromatic rings. The van der Waals surface area contributed by atoms with Crippen LogP contribution in [0.2, 0.25) is 5.02 Å². The largest absolute Gasteiger partial charge is 0.331 e. The Morgan fingerprint density at radius 3 is 2.45 bits per heavy atom. The predicted molar refractivity (Wildman–Crippen MR) is 95.9 cm³/mol. The Labute approximate surface area is 141 Å². The molecule has 1 fully saturated rings. The summed E-state index contributed by atoms with van der Waals surface area (Å²) in [6.45, 7) is 10.1. The molecule has 1 aliphatic rings. The Morgan fingerprint density at radius 2 is 1.91 bits per heavy atom. The van der Waals surface area contributed by atoms with Crippen molar-refractivity contribution in [3.05, 3.63) is 29.3 Å². The summed E-state index contributed by atoms with van der Waals surface area (Å²) in [6, 6.07) is 7.37. The maximum absolute atomic E-state index is 12.9. The maximum atomic E-state index is 12.9. The number of hydrogen-bond donors (Lipinski definition) is 0. The minimum Gasteiger partial charge on any atom is -0.282 e. The zero-order valence-electron chi connectivity index (χ0n) is 13.6. The number of para-hydroxylation sites is 1. The van der Waals surface area contributed by atoms with Crippen LogP contribution in [0.25, 0.3) is 0 Å². The molecule has 22 heavy (non-hydrogen) atoms. The van der Waals surface area contributed by atoms with E-state index in [1.807, 2.05) is 52.8 Å². The third-order valence-corrected chi connectivity index (χ3v) is 4.31. The van der Waals surface area contributed by atoms with Crippen molar-refractivity contribution in [2.45, 2.75) is 46.2 Å². The van der Waals surface area contributed by atoms with Gasteiger partial charge in [0, 0.05) is 6.04 Å². The molecule has 120 valence electrons. The summed E-state index contributed by atoms with van der Waals surface area (Å²) in [5, 5.41) is 1.35. The highest BCUT2D eigenvalue weighted by Gasteiger charge is 2.35. The molecule has 0 bridgehead atoms. The van der Waals surface area contributed by atoms with Crippen LogP contribution in [0.1, 0.15) is 34.6 Å². The number of carbonyl (C=O) groups is 1. The number of benzene rings is 1. The van der Waals surface area contributed by atoms with Gasteiger partial charge in [-0.2, -0.15) is 0 Å². The van der Waals surface area contributed by atoms with Crippen LogP contribution in [0.4, 0.5) is 10.5 Å². The second-order valence-corrected chi connectivity index (χ2v) is 7.78. The fourth-order valence-corrected chi connectivity index (χ4v) is 3.62. The van der Waals surface area contributed by atoms with Crippen LogP contribution < -0.4 is 4.90 Å². The molecule has 0 aliphatic carbocycles. The summed E-state index contributed by atoms with van der Waals surface area (Å²) >= 11 is 7.81. The lowest BCUT2D eigenvalue weighted by Crippen LogP contribution is -2.53. The van der Waals surface area contributed by atoms with Crippen LogP contribution in [0.5, 0.6) is 0 Å². The number of halogens is 1. The van der Waals surface area contributed by atoms with E-state index in [4.69, 9.17) is 16.6 Å². The van der Waals surface area contributed by atoms with Gasteiger partial charge in [-0.15, -0.1) is 0 Å². The van der Waals surface area contributed by atoms with Gasteiger partial charge in [-0.3, -0.25) is 14.8 Å². The summed E-state index contributed by atoms with van der Waals surface area (Å²) < 4.78 is 0. The first-order chi connectivity index (χ1) is 10.2. The van der Waals surface area contributed by atoms with Crippen LogP contribution in [0.15, 0.2) is 29.3 Å². The van der Waals surface area contributed by atoms with Crippen molar-refractivity contribution in [3.8, 4) is 0 Å². The van der Waals surface area contributed by atoms with Crippen LogP contribution in [0, 0.1) is 0 Å². The van der Waals surface area contributed by atoms with Gasteiger partial charge in [-0.1, -0.05) is 35.5 Å². The first kappa shape index (κ1) is 17.2. The van der Waals surface area contributed by atoms with Gasteiger partial charge in [0.1, 0.15) is 0 Å². The lowest BCUT2D eigenvalue weighted by atomic mass is 10.1. The van der Waals surface area contributed by atoms with Crippen LogP contribution >= 0.6 is 23.4 Å². The van der Waals surface area contributed by atoms with E-state index in [9.17, 15) is 4.79 Å². The van der Waals surface area contributed by atoms with Crippen molar-refractivity contribution < 1.29 is 4.79 Å². The zero-order valence-corrected chi connectivity index (χ0v) is 15.2. The van der Waals surface area contributed by atoms with E-state index in [0.717, 1.165) is 10.9 Å². The number of rotatable bonds is 2. The van der Waals surface area contributed by atoms with E-state index in [1.54, 1.807) is 27.6 Å². The molecule has 1 heterocycles. The van der Waals surface area contributed by atoms with Crippen LogP contribution in [-0.2, 0) is 0 Å². The Morgan fingerprint density at radius 1 is 1.27 bits per heavy atom. The molecule has 0 atom stereocenters. The molecule has 0 N–H and O–H groups in total. The van der Waals surface area contributed by atoms with E-state index in [0.29, 0.717) is 10.9 Å². The average molecular weight is 340 g/mol. The zero-order chi connectivity index (χ0) is 16.5. The molecule has 2 rings (SSSR count). The van der Waals surface area contributed by atoms with Gasteiger partial charge in [-0.25, -0.2) is 4.79 Å². The Balaban J connectivity index is 2.37. The number of carbonyl (C=O) groups excluding carboxylic acids is 1. The number of thioether (sulfide) groups is 1. The Bertz CT molecular complexity index is 595. The smallest absolute Gasteiger partial charge is 0.282 e. The molecular weight excluding hydrogens is 318 g/mol. The third kappa shape index (κ3) is 3.76. The molecule has 0 unspecified atom stereocenters. The van der Waals surface area contributed by atoms with Gasteiger partial charge in [0.15, 0.2) is 5.17 Å². The highest BCUT2D eigenvalue weighted by atomic mass is 35.5. The fraction of sp³-hybridized carbons (Fsp3) is 0.500. The van der Waals surface area contributed by atoms with Crippen molar-refractivity contribution in [2.24, 2.45) is 4.99 Å². The van der Waals surface area contributed by atoms with Gasteiger partial charge in [0.25, 0.3) is 0 Å². The summed E-state index contributed by atoms with van der Waals surface area (Å²) in [6.07, 6.45) is 0. The molecule has 2 amide bonds. The summed E-state index contributed by atoms with van der Waals surface area (Å²) in [5.41, 5.74) is 0.518. The van der Waals surface area contributed by atoms with E-state index in [2.05, 4.69) is 0 Å². The number of amidine groups is 1. The van der Waals surface area contributed by atoms with Crippen molar-refractivity contribution in [1.82, 2.24) is 4.90 Å². The SMILES string of the molecule is CC(C)N1C(=O)N(c2ccccc2Cl)CSC1=NC(C)(C)C. The normalized spacial score (nSPS) is 18.5.